The van der Waals surface area contributed by atoms with Gasteiger partial charge in [0.05, 0.1) is 6.10 Å². The number of urea groups is 1. The van der Waals surface area contributed by atoms with Gasteiger partial charge in [-0.1, -0.05) is 0 Å². The van der Waals surface area contributed by atoms with E-state index in [0.717, 1.165) is 31.4 Å². The molecule has 0 radical (unpaired) electrons. The van der Waals surface area contributed by atoms with Crippen molar-refractivity contribution in [2.24, 2.45) is 5.73 Å². The number of aliphatic carboxylic acids is 1. The van der Waals surface area contributed by atoms with Gasteiger partial charge in [0.25, 0.3) is 0 Å². The Labute approximate surface area is 152 Å². The maximum Gasteiger partial charge on any atom is 0.329 e. The van der Waals surface area contributed by atoms with E-state index in [9.17, 15) is 9.59 Å². The molecule has 2 aliphatic rings. The number of benzene rings is 1. The van der Waals surface area contributed by atoms with Gasteiger partial charge in [-0.2, -0.15) is 0 Å². The first-order valence-corrected chi connectivity index (χ1v) is 8.81. The molecular weight excluding hydrogens is 336 g/mol. The third-order valence-electron chi connectivity index (χ3n) is 5.06. The third kappa shape index (κ3) is 3.96. The standard InChI is InChI=1S/C18H24N4O4/c19-17(20)12-1-3-13(4-2-12)21-9-10-22(18(21)25)14-5-7-15(8-6-14)26-11-16(23)24/h1-4,14-15H,5-11H2,(H3,19,20)(H,23,24). The lowest BCUT2D eigenvalue weighted by atomic mass is 9.92. The van der Waals surface area contributed by atoms with Crippen LogP contribution in [0.25, 0.3) is 0 Å². The van der Waals surface area contributed by atoms with Crippen LogP contribution in [0.3, 0.4) is 0 Å². The number of nitrogen functional groups attached to an aromatic ring is 1. The van der Waals surface area contributed by atoms with Crippen LogP contribution >= 0.6 is 0 Å². The molecule has 1 heterocycles. The van der Waals surface area contributed by atoms with E-state index >= 15 is 0 Å². The first-order valence-electron chi connectivity index (χ1n) is 8.81. The summed E-state index contributed by atoms with van der Waals surface area (Å²) in [5.74, 6) is -0.943. The Morgan fingerprint density at radius 1 is 1.19 bits per heavy atom. The van der Waals surface area contributed by atoms with Crippen LogP contribution < -0.4 is 10.6 Å². The predicted molar refractivity (Wildman–Crippen MR) is 96.5 cm³/mol. The second-order valence-corrected chi connectivity index (χ2v) is 6.72. The monoisotopic (exact) mass is 360 g/mol. The van der Waals surface area contributed by atoms with E-state index in [4.69, 9.17) is 21.0 Å². The average Bonchev–Trinajstić information content (AvgIpc) is 3.02. The van der Waals surface area contributed by atoms with Gasteiger partial charge in [0, 0.05) is 30.4 Å². The molecule has 0 unspecified atom stereocenters. The molecule has 26 heavy (non-hydrogen) atoms. The van der Waals surface area contributed by atoms with Crippen LogP contribution in [0.15, 0.2) is 24.3 Å². The van der Waals surface area contributed by atoms with E-state index in [1.165, 1.54) is 0 Å². The minimum atomic E-state index is -0.951. The van der Waals surface area contributed by atoms with E-state index < -0.39 is 5.97 Å². The van der Waals surface area contributed by atoms with E-state index in [0.29, 0.717) is 18.7 Å². The van der Waals surface area contributed by atoms with Crippen molar-refractivity contribution in [1.29, 1.82) is 5.41 Å². The Bertz CT molecular complexity index is 683. The maximum atomic E-state index is 12.8. The Hall–Kier alpha value is -2.61. The highest BCUT2D eigenvalue weighted by Crippen LogP contribution is 2.29. The second kappa shape index (κ2) is 7.74. The Balaban J connectivity index is 1.56. The number of carboxylic acid groups (broad SMARTS) is 1. The van der Waals surface area contributed by atoms with Gasteiger partial charge in [0.15, 0.2) is 0 Å². The first kappa shape index (κ1) is 18.2. The fraction of sp³-hybridized carbons (Fsp3) is 0.500. The first-order chi connectivity index (χ1) is 12.5. The number of amidine groups is 1. The number of anilines is 1. The molecule has 8 heteroatoms. The van der Waals surface area contributed by atoms with E-state index in [1.54, 1.807) is 17.0 Å². The summed E-state index contributed by atoms with van der Waals surface area (Å²) in [6.07, 6.45) is 3.17. The van der Waals surface area contributed by atoms with E-state index in [1.807, 2.05) is 17.0 Å². The predicted octanol–water partition coefficient (Wildman–Crippen LogP) is 1.63. The molecule has 0 atom stereocenters. The van der Waals surface area contributed by atoms with Gasteiger partial charge in [-0.25, -0.2) is 9.59 Å². The summed E-state index contributed by atoms with van der Waals surface area (Å²) in [5, 5.41) is 16.1. The van der Waals surface area contributed by atoms with Crippen molar-refractivity contribution < 1.29 is 19.4 Å². The molecule has 1 aromatic carbocycles. The zero-order chi connectivity index (χ0) is 18.7. The lowest BCUT2D eigenvalue weighted by molar-refractivity contribution is -0.145. The largest absolute Gasteiger partial charge is 0.480 e. The quantitative estimate of drug-likeness (QED) is 0.526. The van der Waals surface area contributed by atoms with Gasteiger partial charge in [0.1, 0.15) is 12.4 Å². The minimum Gasteiger partial charge on any atom is -0.480 e. The number of carbonyl (C=O) groups excluding carboxylic acids is 1. The fourth-order valence-electron chi connectivity index (χ4n) is 3.67. The SMILES string of the molecule is N=C(N)c1ccc(N2CCN(C3CCC(OCC(=O)O)CC3)C2=O)cc1. The molecule has 8 nitrogen and oxygen atoms in total. The van der Waals surface area contributed by atoms with E-state index in [2.05, 4.69) is 0 Å². The Morgan fingerprint density at radius 3 is 2.42 bits per heavy atom. The summed E-state index contributed by atoms with van der Waals surface area (Å²) in [4.78, 5) is 27.0. The minimum absolute atomic E-state index is 0.00419. The summed E-state index contributed by atoms with van der Waals surface area (Å²) >= 11 is 0. The molecule has 1 aliphatic heterocycles. The summed E-state index contributed by atoms with van der Waals surface area (Å²) in [7, 11) is 0. The van der Waals surface area contributed by atoms with Crippen LogP contribution in [0.4, 0.5) is 10.5 Å². The van der Waals surface area contributed by atoms with Crippen molar-refractivity contribution in [2.45, 2.75) is 37.8 Å². The molecule has 1 saturated heterocycles. The number of carboxylic acids is 1. The molecular formula is C18H24N4O4. The molecule has 2 amide bonds. The van der Waals surface area contributed by atoms with Crippen LogP contribution in [0.1, 0.15) is 31.2 Å². The van der Waals surface area contributed by atoms with Crippen molar-refractivity contribution in [2.75, 3.05) is 24.6 Å². The fourth-order valence-corrected chi connectivity index (χ4v) is 3.67. The van der Waals surface area contributed by atoms with Crippen LogP contribution in [0.5, 0.6) is 0 Å². The van der Waals surface area contributed by atoms with Crippen LogP contribution in [-0.2, 0) is 9.53 Å². The zero-order valence-corrected chi connectivity index (χ0v) is 14.6. The molecule has 3 rings (SSSR count). The van der Waals surface area contributed by atoms with Gasteiger partial charge < -0.3 is 20.5 Å². The van der Waals surface area contributed by atoms with Crippen molar-refractivity contribution in [3.8, 4) is 0 Å². The smallest absolute Gasteiger partial charge is 0.329 e. The summed E-state index contributed by atoms with van der Waals surface area (Å²) in [5.41, 5.74) is 6.91. The van der Waals surface area contributed by atoms with Gasteiger partial charge in [-0.05, 0) is 49.9 Å². The maximum absolute atomic E-state index is 12.8. The number of amides is 2. The van der Waals surface area contributed by atoms with Crippen molar-refractivity contribution in [1.82, 2.24) is 4.90 Å². The number of hydrogen-bond donors (Lipinski definition) is 3. The Morgan fingerprint density at radius 2 is 1.85 bits per heavy atom. The number of nitrogens with zero attached hydrogens (tertiary/aromatic N) is 2. The summed E-state index contributed by atoms with van der Waals surface area (Å²) < 4.78 is 5.36. The number of hydrogen-bond acceptors (Lipinski definition) is 4. The zero-order valence-electron chi connectivity index (χ0n) is 14.6. The lowest BCUT2D eigenvalue weighted by Gasteiger charge is -2.34. The average molecular weight is 360 g/mol. The molecule has 140 valence electrons. The Kier molecular flexibility index (Phi) is 5.41. The third-order valence-corrected chi connectivity index (χ3v) is 5.06. The molecule has 1 aliphatic carbocycles. The molecule has 0 spiro atoms. The van der Waals surface area contributed by atoms with Crippen LogP contribution in [-0.4, -0.2) is 59.7 Å². The normalized spacial score (nSPS) is 23.3. The van der Waals surface area contributed by atoms with Crippen LogP contribution in [0.2, 0.25) is 0 Å². The highest BCUT2D eigenvalue weighted by molar-refractivity contribution is 5.97. The van der Waals surface area contributed by atoms with Crippen LogP contribution in [0, 0.1) is 5.41 Å². The highest BCUT2D eigenvalue weighted by Gasteiger charge is 2.36. The number of carbonyl (C=O) groups is 2. The topological polar surface area (TPSA) is 120 Å². The van der Waals surface area contributed by atoms with Crippen molar-refractivity contribution in [3.63, 3.8) is 0 Å². The lowest BCUT2D eigenvalue weighted by Crippen LogP contribution is -2.42. The van der Waals surface area contributed by atoms with Gasteiger partial charge in [0.2, 0.25) is 0 Å². The number of rotatable bonds is 6. The van der Waals surface area contributed by atoms with E-state index in [-0.39, 0.29) is 30.6 Å². The number of nitrogens with one attached hydrogen (secondary N) is 1. The second-order valence-electron chi connectivity index (χ2n) is 6.72. The number of ether oxygens (including phenoxy) is 1. The van der Waals surface area contributed by atoms with Crippen molar-refractivity contribution >= 4 is 23.5 Å². The highest BCUT2D eigenvalue weighted by atomic mass is 16.5. The summed E-state index contributed by atoms with van der Waals surface area (Å²) in [6, 6.07) is 7.30. The molecule has 1 aromatic rings. The van der Waals surface area contributed by atoms with Gasteiger partial charge >= 0.3 is 12.0 Å². The summed E-state index contributed by atoms with van der Waals surface area (Å²) in [6.45, 7) is 1.05. The molecule has 0 aromatic heterocycles. The van der Waals surface area contributed by atoms with Crippen molar-refractivity contribution in [3.05, 3.63) is 29.8 Å². The molecule has 1 saturated carbocycles. The van der Waals surface area contributed by atoms with Gasteiger partial charge in [-0.3, -0.25) is 10.3 Å². The molecule has 0 bridgehead atoms. The molecule has 4 N–H and O–H groups in total. The molecule has 2 fully saturated rings. The van der Waals surface area contributed by atoms with Gasteiger partial charge in [-0.15, -0.1) is 0 Å². The number of nitrogens with two attached hydrogens (primary N) is 1.